The van der Waals surface area contributed by atoms with Crippen molar-refractivity contribution in [2.75, 3.05) is 31.1 Å². The molecule has 1 amide bonds. The largest absolute Gasteiger partial charge is 0.396 e. The van der Waals surface area contributed by atoms with Gasteiger partial charge in [0.05, 0.1) is 5.39 Å². The van der Waals surface area contributed by atoms with E-state index in [-0.39, 0.29) is 18.4 Å². The third-order valence-electron chi connectivity index (χ3n) is 5.34. The molecule has 1 aromatic carbocycles. The zero-order valence-corrected chi connectivity index (χ0v) is 17.4. The monoisotopic (exact) mass is 410 g/mol. The zero-order chi connectivity index (χ0) is 20.2. The average molecular weight is 411 g/mol. The number of aliphatic hydroxyl groups excluding tert-OH is 1. The van der Waals surface area contributed by atoms with E-state index in [2.05, 4.69) is 33.4 Å². The highest BCUT2D eigenvalue weighted by Crippen LogP contribution is 2.37. The molecule has 0 atom stereocenters. The number of nitrogens with one attached hydrogen (secondary N) is 1. The summed E-state index contributed by atoms with van der Waals surface area (Å²) < 4.78 is 0. The Hall–Kier alpha value is -2.51. The van der Waals surface area contributed by atoms with Crippen LogP contribution in [0.3, 0.4) is 0 Å². The highest BCUT2D eigenvalue weighted by atomic mass is 32.1. The number of thiophene rings is 1. The standard InChI is InChI=1S/C22H26N4O2S/c1-15-24-20(26-11-8-17(9-12-26)21(28)23-10-5-13-27)18-14-19(29-22(18)25-15)16-6-3-2-4-7-16/h2-4,6-7,14,17,27H,5,8-13H2,1H3,(H,23,28). The van der Waals surface area contributed by atoms with Crippen molar-refractivity contribution >= 4 is 33.3 Å². The number of anilines is 1. The molecule has 3 heterocycles. The number of hydrogen-bond donors (Lipinski definition) is 2. The van der Waals surface area contributed by atoms with Gasteiger partial charge in [0.2, 0.25) is 5.91 Å². The summed E-state index contributed by atoms with van der Waals surface area (Å²) in [4.78, 5) is 26.2. The lowest BCUT2D eigenvalue weighted by Crippen LogP contribution is -2.41. The fraction of sp³-hybridized carbons (Fsp3) is 0.409. The maximum atomic E-state index is 12.3. The number of benzene rings is 1. The van der Waals surface area contributed by atoms with Gasteiger partial charge in [-0.2, -0.15) is 0 Å². The number of nitrogens with zero attached hydrogens (tertiary/aromatic N) is 3. The minimum absolute atomic E-state index is 0.0331. The molecule has 0 aliphatic carbocycles. The third kappa shape index (κ3) is 4.41. The van der Waals surface area contributed by atoms with Crippen molar-refractivity contribution in [1.82, 2.24) is 15.3 Å². The number of piperidine rings is 1. The van der Waals surface area contributed by atoms with Crippen LogP contribution >= 0.6 is 11.3 Å². The Kier molecular flexibility index (Phi) is 6.06. The van der Waals surface area contributed by atoms with Crippen LogP contribution in [-0.2, 0) is 4.79 Å². The molecular formula is C22H26N4O2S. The Morgan fingerprint density at radius 2 is 2.00 bits per heavy atom. The Bertz CT molecular complexity index is 981. The lowest BCUT2D eigenvalue weighted by Gasteiger charge is -2.32. The molecule has 1 aliphatic heterocycles. The van der Waals surface area contributed by atoms with E-state index in [4.69, 9.17) is 10.1 Å². The number of carbonyl (C=O) groups is 1. The first-order chi connectivity index (χ1) is 14.2. The molecule has 29 heavy (non-hydrogen) atoms. The molecule has 2 N–H and O–H groups in total. The van der Waals surface area contributed by atoms with Crippen molar-refractivity contribution in [2.24, 2.45) is 5.92 Å². The number of hydrogen-bond acceptors (Lipinski definition) is 6. The molecule has 1 fully saturated rings. The van der Waals surface area contributed by atoms with Gasteiger partial charge in [-0.3, -0.25) is 4.79 Å². The Morgan fingerprint density at radius 3 is 2.72 bits per heavy atom. The molecule has 4 rings (SSSR count). The summed E-state index contributed by atoms with van der Waals surface area (Å²) in [5, 5.41) is 12.9. The van der Waals surface area contributed by atoms with E-state index in [0.717, 1.165) is 47.8 Å². The van der Waals surface area contributed by atoms with Crippen LogP contribution in [0.1, 0.15) is 25.1 Å². The number of aryl methyl sites for hydroxylation is 1. The highest BCUT2D eigenvalue weighted by molar-refractivity contribution is 7.21. The second kappa shape index (κ2) is 8.88. The van der Waals surface area contributed by atoms with E-state index >= 15 is 0 Å². The van der Waals surface area contributed by atoms with Crippen molar-refractivity contribution in [3.05, 3.63) is 42.2 Å². The van der Waals surface area contributed by atoms with Gasteiger partial charge >= 0.3 is 0 Å². The van der Waals surface area contributed by atoms with Crippen LogP contribution in [0.25, 0.3) is 20.7 Å². The van der Waals surface area contributed by atoms with E-state index < -0.39 is 0 Å². The maximum Gasteiger partial charge on any atom is 0.223 e. The van der Waals surface area contributed by atoms with Crippen LogP contribution in [0, 0.1) is 12.8 Å². The summed E-state index contributed by atoms with van der Waals surface area (Å²) in [6.45, 7) is 4.19. The number of aromatic nitrogens is 2. The molecule has 1 aliphatic rings. The summed E-state index contributed by atoms with van der Waals surface area (Å²) in [5.41, 5.74) is 1.19. The molecule has 6 nitrogen and oxygen atoms in total. The fourth-order valence-electron chi connectivity index (χ4n) is 3.78. The molecule has 0 bridgehead atoms. The number of rotatable bonds is 6. The van der Waals surface area contributed by atoms with Crippen LogP contribution in [0.2, 0.25) is 0 Å². The number of carbonyl (C=O) groups excluding carboxylic acids is 1. The molecule has 1 saturated heterocycles. The van der Waals surface area contributed by atoms with E-state index in [9.17, 15) is 4.79 Å². The van der Waals surface area contributed by atoms with Gasteiger partial charge in [-0.1, -0.05) is 30.3 Å². The van der Waals surface area contributed by atoms with Crippen molar-refractivity contribution in [1.29, 1.82) is 0 Å². The van der Waals surface area contributed by atoms with E-state index in [0.29, 0.717) is 13.0 Å². The number of aliphatic hydroxyl groups is 1. The third-order valence-corrected chi connectivity index (χ3v) is 6.42. The van der Waals surface area contributed by atoms with E-state index in [1.54, 1.807) is 11.3 Å². The Morgan fingerprint density at radius 1 is 1.24 bits per heavy atom. The Labute approximate surface area is 174 Å². The fourth-order valence-corrected chi connectivity index (χ4v) is 4.86. The number of amides is 1. The van der Waals surface area contributed by atoms with Gasteiger partial charge in [0, 0.05) is 37.0 Å². The van der Waals surface area contributed by atoms with Gasteiger partial charge in [-0.05, 0) is 37.8 Å². The van der Waals surface area contributed by atoms with Gasteiger partial charge in [0.25, 0.3) is 0 Å². The molecule has 7 heteroatoms. The minimum atomic E-state index is 0.0331. The quantitative estimate of drug-likeness (QED) is 0.609. The van der Waals surface area contributed by atoms with E-state index in [1.165, 1.54) is 10.4 Å². The van der Waals surface area contributed by atoms with Crippen molar-refractivity contribution < 1.29 is 9.90 Å². The SMILES string of the molecule is Cc1nc(N2CCC(C(=O)NCCCO)CC2)c2cc(-c3ccccc3)sc2n1. The first-order valence-corrected chi connectivity index (χ1v) is 10.9. The van der Waals surface area contributed by atoms with Crippen LogP contribution in [0.4, 0.5) is 5.82 Å². The van der Waals surface area contributed by atoms with Gasteiger partial charge in [-0.15, -0.1) is 11.3 Å². The van der Waals surface area contributed by atoms with Crippen LogP contribution in [-0.4, -0.2) is 47.2 Å². The van der Waals surface area contributed by atoms with Crippen molar-refractivity contribution in [3.63, 3.8) is 0 Å². The normalized spacial score (nSPS) is 15.0. The zero-order valence-electron chi connectivity index (χ0n) is 16.6. The molecule has 152 valence electrons. The predicted molar refractivity (Wildman–Crippen MR) is 117 cm³/mol. The molecule has 2 aromatic heterocycles. The maximum absolute atomic E-state index is 12.3. The summed E-state index contributed by atoms with van der Waals surface area (Å²) >= 11 is 1.70. The molecule has 0 saturated carbocycles. The van der Waals surface area contributed by atoms with Gasteiger partial charge in [0.1, 0.15) is 16.5 Å². The van der Waals surface area contributed by atoms with Crippen LogP contribution in [0.5, 0.6) is 0 Å². The van der Waals surface area contributed by atoms with Gasteiger partial charge in [-0.25, -0.2) is 9.97 Å². The predicted octanol–water partition coefficient (Wildman–Crippen LogP) is 3.38. The first-order valence-electron chi connectivity index (χ1n) is 10.1. The minimum Gasteiger partial charge on any atom is -0.396 e. The first kappa shape index (κ1) is 19.8. The molecule has 0 spiro atoms. The average Bonchev–Trinajstić information content (AvgIpc) is 3.18. The molecule has 0 unspecified atom stereocenters. The topological polar surface area (TPSA) is 78.4 Å². The summed E-state index contributed by atoms with van der Waals surface area (Å²) in [5.74, 6) is 1.89. The second-order valence-corrected chi connectivity index (χ2v) is 8.45. The Balaban J connectivity index is 1.52. The second-order valence-electron chi connectivity index (χ2n) is 7.42. The van der Waals surface area contributed by atoms with Crippen LogP contribution in [0.15, 0.2) is 36.4 Å². The van der Waals surface area contributed by atoms with E-state index in [1.807, 2.05) is 25.1 Å². The highest BCUT2D eigenvalue weighted by Gasteiger charge is 2.27. The smallest absolute Gasteiger partial charge is 0.223 e. The van der Waals surface area contributed by atoms with Crippen molar-refractivity contribution in [2.45, 2.75) is 26.2 Å². The lowest BCUT2D eigenvalue weighted by molar-refractivity contribution is -0.125. The molecule has 3 aromatic rings. The van der Waals surface area contributed by atoms with Gasteiger partial charge in [0.15, 0.2) is 0 Å². The molecule has 0 radical (unpaired) electrons. The summed E-state index contributed by atoms with van der Waals surface area (Å²) in [7, 11) is 0. The lowest BCUT2D eigenvalue weighted by atomic mass is 9.95. The molecular weight excluding hydrogens is 384 g/mol. The summed E-state index contributed by atoms with van der Waals surface area (Å²) in [6, 6.07) is 12.5. The van der Waals surface area contributed by atoms with Crippen molar-refractivity contribution in [3.8, 4) is 10.4 Å². The van der Waals surface area contributed by atoms with Gasteiger partial charge < -0.3 is 15.3 Å². The number of fused-ring (bicyclic) bond motifs is 1. The van der Waals surface area contributed by atoms with Crippen LogP contribution < -0.4 is 10.2 Å². The summed E-state index contributed by atoms with van der Waals surface area (Å²) in [6.07, 6.45) is 2.22.